The summed E-state index contributed by atoms with van der Waals surface area (Å²) in [6, 6.07) is 0. The van der Waals surface area contributed by atoms with Gasteiger partial charge in [0.25, 0.3) is 0 Å². The molecule has 4 nitrogen and oxygen atoms in total. The summed E-state index contributed by atoms with van der Waals surface area (Å²) in [5.74, 6) is -0.656. The second-order valence-electron chi connectivity index (χ2n) is 7.65. The molecule has 0 aliphatic rings. The van der Waals surface area contributed by atoms with Crippen molar-refractivity contribution in [1.29, 1.82) is 0 Å². The van der Waals surface area contributed by atoms with Crippen LogP contribution in [0.25, 0.3) is 0 Å². The number of unbranched alkanes of at least 4 members (excludes halogenated alkanes) is 15. The van der Waals surface area contributed by atoms with Gasteiger partial charge in [-0.2, -0.15) is 0 Å². The number of carboxylic acid groups (broad SMARTS) is 1. The number of hydrogen-bond donors (Lipinski definition) is 3. The van der Waals surface area contributed by atoms with Gasteiger partial charge in [0, 0.05) is 13.0 Å². The zero-order valence-corrected chi connectivity index (χ0v) is 18.7. The van der Waals surface area contributed by atoms with Gasteiger partial charge in [0.15, 0.2) is 0 Å². The summed E-state index contributed by atoms with van der Waals surface area (Å²) < 4.78 is 0. The molecule has 0 unspecified atom stereocenters. The van der Waals surface area contributed by atoms with Gasteiger partial charge in [-0.3, -0.25) is 4.79 Å². The average molecular weight is 400 g/mol. The molecule has 0 aromatic carbocycles. The van der Waals surface area contributed by atoms with E-state index in [1.807, 2.05) is 0 Å². The van der Waals surface area contributed by atoms with Crippen LogP contribution in [0.3, 0.4) is 0 Å². The fraction of sp³-hybridized carbons (Fsp3) is 0.875. The van der Waals surface area contributed by atoms with Gasteiger partial charge in [0.05, 0.1) is 6.61 Å². The summed E-state index contributed by atoms with van der Waals surface area (Å²) in [6.07, 6.45) is 27.1. The molecule has 0 fully saturated rings. The van der Waals surface area contributed by atoms with Crippen LogP contribution < -0.4 is 5.73 Å². The van der Waals surface area contributed by atoms with Gasteiger partial charge in [-0.05, 0) is 32.1 Å². The Hall–Kier alpha value is -0.870. The first-order valence-corrected chi connectivity index (χ1v) is 11.9. The third-order valence-electron chi connectivity index (χ3n) is 4.78. The van der Waals surface area contributed by atoms with Crippen molar-refractivity contribution < 1.29 is 15.0 Å². The summed E-state index contributed by atoms with van der Waals surface area (Å²) in [5, 5.41) is 16.3. The van der Waals surface area contributed by atoms with Crippen LogP contribution in [-0.4, -0.2) is 29.3 Å². The van der Waals surface area contributed by atoms with E-state index in [1.54, 1.807) is 0 Å². The lowest BCUT2D eigenvalue weighted by Crippen LogP contribution is -2.02. The minimum Gasteiger partial charge on any atom is -0.481 e. The minimum atomic E-state index is -0.656. The number of carboxylic acids is 1. The van der Waals surface area contributed by atoms with Gasteiger partial charge < -0.3 is 15.9 Å². The molecule has 0 saturated heterocycles. The fourth-order valence-electron chi connectivity index (χ4n) is 3.05. The lowest BCUT2D eigenvalue weighted by atomic mass is 10.1. The predicted octanol–water partition coefficient (Wildman–Crippen LogP) is 6.61. The van der Waals surface area contributed by atoms with Crippen LogP contribution in [0.15, 0.2) is 12.2 Å². The molecule has 0 rings (SSSR count). The topological polar surface area (TPSA) is 83.5 Å². The van der Waals surface area contributed by atoms with Crippen molar-refractivity contribution in [2.75, 3.05) is 13.2 Å². The monoisotopic (exact) mass is 399 g/mol. The van der Waals surface area contributed by atoms with Crippen LogP contribution in [0.5, 0.6) is 0 Å². The summed E-state index contributed by atoms with van der Waals surface area (Å²) in [4.78, 5) is 10.4. The van der Waals surface area contributed by atoms with Crippen molar-refractivity contribution in [3.8, 4) is 0 Å². The molecular formula is C24H49NO3. The molecule has 4 heteroatoms. The molecular weight excluding hydrogens is 350 g/mol. The average Bonchev–Trinajstić information content (AvgIpc) is 2.69. The number of aliphatic hydroxyl groups excluding tert-OH is 1. The molecule has 168 valence electrons. The SMILES string of the molecule is CCCCCCCC/C=C\CCCCCCCCCCCC(=O)O.NCCO. The molecule has 0 aromatic heterocycles. The summed E-state index contributed by atoms with van der Waals surface area (Å²) >= 11 is 0. The Kier molecular flexibility index (Phi) is 29.7. The van der Waals surface area contributed by atoms with E-state index in [0.29, 0.717) is 13.0 Å². The van der Waals surface area contributed by atoms with Gasteiger partial charge >= 0.3 is 5.97 Å². The lowest BCUT2D eigenvalue weighted by Gasteiger charge is -2.01. The molecule has 0 bridgehead atoms. The number of nitrogens with two attached hydrogens (primary N) is 1. The van der Waals surface area contributed by atoms with Gasteiger partial charge in [-0.15, -0.1) is 0 Å². The van der Waals surface area contributed by atoms with Crippen molar-refractivity contribution >= 4 is 5.97 Å². The molecule has 0 amide bonds. The van der Waals surface area contributed by atoms with Crippen molar-refractivity contribution in [3.05, 3.63) is 12.2 Å². The normalized spacial score (nSPS) is 10.8. The smallest absolute Gasteiger partial charge is 0.303 e. The van der Waals surface area contributed by atoms with Crippen molar-refractivity contribution in [3.63, 3.8) is 0 Å². The zero-order valence-electron chi connectivity index (χ0n) is 18.7. The maximum absolute atomic E-state index is 10.4. The maximum atomic E-state index is 10.4. The first-order chi connectivity index (χ1) is 13.7. The molecule has 0 heterocycles. The second-order valence-corrected chi connectivity index (χ2v) is 7.65. The van der Waals surface area contributed by atoms with Crippen molar-refractivity contribution in [2.24, 2.45) is 5.73 Å². The first kappa shape index (κ1) is 29.3. The van der Waals surface area contributed by atoms with Gasteiger partial charge in [-0.25, -0.2) is 0 Å². The zero-order chi connectivity index (χ0) is 21.1. The van der Waals surface area contributed by atoms with E-state index in [0.717, 1.165) is 12.8 Å². The maximum Gasteiger partial charge on any atom is 0.303 e. The van der Waals surface area contributed by atoms with E-state index in [-0.39, 0.29) is 6.61 Å². The van der Waals surface area contributed by atoms with E-state index >= 15 is 0 Å². The number of rotatable bonds is 20. The lowest BCUT2D eigenvalue weighted by molar-refractivity contribution is -0.137. The Morgan fingerprint density at radius 1 is 0.714 bits per heavy atom. The minimum absolute atomic E-state index is 0.0972. The van der Waals surface area contributed by atoms with Crippen molar-refractivity contribution in [1.82, 2.24) is 0 Å². The molecule has 0 aromatic rings. The third kappa shape index (κ3) is 32.8. The van der Waals surface area contributed by atoms with Crippen LogP contribution in [0.4, 0.5) is 0 Å². The van der Waals surface area contributed by atoms with Crippen LogP contribution in [0.2, 0.25) is 0 Å². The molecule has 0 saturated carbocycles. The van der Waals surface area contributed by atoms with E-state index in [2.05, 4.69) is 19.1 Å². The highest BCUT2D eigenvalue weighted by Crippen LogP contribution is 2.12. The number of aliphatic hydroxyl groups is 1. The van der Waals surface area contributed by atoms with Crippen LogP contribution >= 0.6 is 0 Å². The first-order valence-electron chi connectivity index (χ1n) is 11.9. The fourth-order valence-corrected chi connectivity index (χ4v) is 3.05. The van der Waals surface area contributed by atoms with Crippen LogP contribution in [0, 0.1) is 0 Å². The van der Waals surface area contributed by atoms with E-state index in [9.17, 15) is 4.79 Å². The highest BCUT2D eigenvalue weighted by molar-refractivity contribution is 5.66. The van der Waals surface area contributed by atoms with Crippen LogP contribution in [0.1, 0.15) is 122 Å². The standard InChI is InChI=1S/C22H42O2.C2H7NO/c1-2-3-4-5-6-7-8-9-10-11-12-13-14-15-16-17-18-19-20-21-22(23)24;3-1-2-4/h9-10H,2-8,11-21H2,1H3,(H,23,24);4H,1-3H2/b10-9-;. The molecule has 4 N–H and O–H groups in total. The largest absolute Gasteiger partial charge is 0.481 e. The summed E-state index contributed by atoms with van der Waals surface area (Å²) in [5.41, 5.74) is 4.78. The Morgan fingerprint density at radius 2 is 1.07 bits per heavy atom. The summed E-state index contributed by atoms with van der Waals surface area (Å²) in [6.45, 7) is 2.74. The Morgan fingerprint density at radius 3 is 1.43 bits per heavy atom. The number of allylic oxidation sites excluding steroid dienone is 2. The van der Waals surface area contributed by atoms with Crippen molar-refractivity contribution in [2.45, 2.75) is 122 Å². The Bertz CT molecular complexity index is 317. The second kappa shape index (κ2) is 28.3. The number of aliphatic carboxylic acids is 1. The Balaban J connectivity index is 0. The molecule has 28 heavy (non-hydrogen) atoms. The number of carbonyl (C=O) groups is 1. The highest BCUT2D eigenvalue weighted by atomic mass is 16.4. The van der Waals surface area contributed by atoms with E-state index in [1.165, 1.54) is 96.3 Å². The van der Waals surface area contributed by atoms with Gasteiger partial charge in [-0.1, -0.05) is 96.1 Å². The van der Waals surface area contributed by atoms with E-state index in [4.69, 9.17) is 15.9 Å². The molecule has 0 aliphatic carbocycles. The highest BCUT2D eigenvalue weighted by Gasteiger charge is 1.96. The predicted molar refractivity (Wildman–Crippen MR) is 122 cm³/mol. The van der Waals surface area contributed by atoms with Gasteiger partial charge in [0.2, 0.25) is 0 Å². The molecule has 0 spiro atoms. The third-order valence-corrected chi connectivity index (χ3v) is 4.78. The number of hydrogen-bond acceptors (Lipinski definition) is 3. The van der Waals surface area contributed by atoms with Crippen LogP contribution in [-0.2, 0) is 4.79 Å². The summed E-state index contributed by atoms with van der Waals surface area (Å²) in [7, 11) is 0. The van der Waals surface area contributed by atoms with Gasteiger partial charge in [0.1, 0.15) is 0 Å². The molecule has 0 radical (unpaired) electrons. The molecule has 0 atom stereocenters. The quantitative estimate of drug-likeness (QED) is 0.159. The van der Waals surface area contributed by atoms with E-state index < -0.39 is 5.97 Å². The Labute approximate surface area is 175 Å². The molecule has 0 aliphatic heterocycles.